The van der Waals surface area contributed by atoms with Crippen LogP contribution in [0.5, 0.6) is 0 Å². The first-order valence-corrected chi connectivity index (χ1v) is 4.50. The number of alkyl halides is 1. The molecule has 0 spiro atoms. The molecule has 0 aliphatic heterocycles. The lowest BCUT2D eigenvalue weighted by Crippen LogP contribution is -2.22. The van der Waals surface area contributed by atoms with Crippen molar-refractivity contribution in [1.29, 1.82) is 0 Å². The highest BCUT2D eigenvalue weighted by molar-refractivity contribution is 6.44. The van der Waals surface area contributed by atoms with Gasteiger partial charge in [0.2, 0.25) is 0 Å². The van der Waals surface area contributed by atoms with Crippen LogP contribution in [-0.2, 0) is 4.79 Å². The average molecular weight is 212 g/mol. The van der Waals surface area contributed by atoms with Crippen LogP contribution in [0.4, 0.5) is 5.69 Å². The predicted molar refractivity (Wildman–Crippen MR) is 55.5 cm³/mol. The van der Waals surface area contributed by atoms with Crippen molar-refractivity contribution < 1.29 is 9.59 Å². The van der Waals surface area contributed by atoms with E-state index in [2.05, 4.69) is 0 Å². The van der Waals surface area contributed by atoms with Crippen molar-refractivity contribution in [3.8, 4) is 0 Å². The molecule has 0 fully saturated rings. The Hall–Kier alpha value is -1.35. The lowest BCUT2D eigenvalue weighted by Gasteiger charge is -2.04. The van der Waals surface area contributed by atoms with Crippen LogP contribution in [-0.4, -0.2) is 16.9 Å². The largest absolute Gasteiger partial charge is 0.399 e. The molecule has 0 bridgehead atoms. The van der Waals surface area contributed by atoms with Gasteiger partial charge in [0, 0.05) is 11.3 Å². The van der Waals surface area contributed by atoms with E-state index in [-0.39, 0.29) is 5.78 Å². The van der Waals surface area contributed by atoms with E-state index >= 15 is 0 Å². The maximum absolute atomic E-state index is 11.5. The number of Topliss-reactive ketones (excluding diaryl/α,β-unsaturated/α-hetero) is 2. The van der Waals surface area contributed by atoms with Crippen molar-refractivity contribution in [2.75, 3.05) is 5.73 Å². The number of hydrogen-bond acceptors (Lipinski definition) is 3. The molecule has 1 rings (SSSR count). The number of carbonyl (C=O) groups excluding carboxylic acids is 2. The summed E-state index contributed by atoms with van der Waals surface area (Å²) in [5, 5.41) is -1.11. The van der Waals surface area contributed by atoms with E-state index in [0.29, 0.717) is 11.3 Å². The number of nitrogens with two attached hydrogens (primary N) is 1. The monoisotopic (exact) mass is 211 g/mol. The zero-order chi connectivity index (χ0) is 10.7. The summed E-state index contributed by atoms with van der Waals surface area (Å²) < 4.78 is 0. The second kappa shape index (κ2) is 4.24. The van der Waals surface area contributed by atoms with Gasteiger partial charge in [-0.2, -0.15) is 0 Å². The van der Waals surface area contributed by atoms with Crippen molar-refractivity contribution in [1.82, 2.24) is 0 Å². The van der Waals surface area contributed by atoms with Gasteiger partial charge in [0.05, 0.1) is 0 Å². The molecule has 0 radical (unpaired) electrons. The van der Waals surface area contributed by atoms with Gasteiger partial charge in [-0.25, -0.2) is 0 Å². The molecule has 0 aromatic heterocycles. The summed E-state index contributed by atoms with van der Waals surface area (Å²) in [7, 11) is 0. The highest BCUT2D eigenvalue weighted by Gasteiger charge is 2.21. The Morgan fingerprint density at radius 1 is 1.43 bits per heavy atom. The first kappa shape index (κ1) is 10.7. The van der Waals surface area contributed by atoms with Crippen LogP contribution >= 0.6 is 11.6 Å². The normalized spacial score (nSPS) is 12.1. The van der Waals surface area contributed by atoms with Gasteiger partial charge in [0.25, 0.3) is 0 Å². The predicted octanol–water partition coefficient (Wildman–Crippen LogP) is 1.65. The Morgan fingerprint density at radius 2 is 2.07 bits per heavy atom. The van der Waals surface area contributed by atoms with Gasteiger partial charge in [-0.3, -0.25) is 9.59 Å². The molecule has 0 aliphatic carbocycles. The molecular weight excluding hydrogens is 202 g/mol. The maximum Gasteiger partial charge on any atom is 0.188 e. The third-order valence-corrected chi connectivity index (χ3v) is 2.26. The number of nitrogen functional groups attached to an aromatic ring is 1. The van der Waals surface area contributed by atoms with E-state index in [9.17, 15) is 9.59 Å². The van der Waals surface area contributed by atoms with Gasteiger partial charge in [-0.15, -0.1) is 11.6 Å². The number of carbonyl (C=O) groups is 2. The molecule has 1 aromatic carbocycles. The Bertz CT molecular complexity index is 376. The number of hydrogen-bond donors (Lipinski definition) is 1. The third-order valence-electron chi connectivity index (χ3n) is 1.76. The van der Waals surface area contributed by atoms with Crippen LogP contribution in [0.1, 0.15) is 17.3 Å². The summed E-state index contributed by atoms with van der Waals surface area (Å²) in [6.07, 6.45) is 0. The zero-order valence-electron chi connectivity index (χ0n) is 7.66. The first-order chi connectivity index (χ1) is 6.52. The van der Waals surface area contributed by atoms with Gasteiger partial charge >= 0.3 is 0 Å². The van der Waals surface area contributed by atoms with Crippen LogP contribution in [0.3, 0.4) is 0 Å². The summed E-state index contributed by atoms with van der Waals surface area (Å²) >= 11 is 5.61. The molecule has 1 atom stereocenters. The van der Waals surface area contributed by atoms with E-state index in [1.54, 1.807) is 18.2 Å². The van der Waals surface area contributed by atoms with E-state index < -0.39 is 11.2 Å². The van der Waals surface area contributed by atoms with Crippen LogP contribution in [0, 0.1) is 0 Å². The molecule has 2 N–H and O–H groups in total. The second-order valence-electron chi connectivity index (χ2n) is 2.96. The molecular formula is C10H10ClNO2. The number of ketones is 2. The molecule has 1 aromatic rings. The van der Waals surface area contributed by atoms with Gasteiger partial charge < -0.3 is 5.73 Å². The molecule has 74 valence electrons. The molecule has 4 heteroatoms. The minimum absolute atomic E-state index is 0.361. The van der Waals surface area contributed by atoms with Crippen LogP contribution in [0.15, 0.2) is 24.3 Å². The molecule has 3 nitrogen and oxygen atoms in total. The van der Waals surface area contributed by atoms with Gasteiger partial charge in [-0.1, -0.05) is 12.1 Å². The van der Waals surface area contributed by atoms with Crippen molar-refractivity contribution in [3.05, 3.63) is 29.8 Å². The fourth-order valence-corrected chi connectivity index (χ4v) is 1.15. The fourth-order valence-electron chi connectivity index (χ4n) is 1.02. The number of rotatable bonds is 3. The van der Waals surface area contributed by atoms with Gasteiger partial charge in [0.1, 0.15) is 0 Å². The molecule has 0 saturated heterocycles. The topological polar surface area (TPSA) is 60.2 Å². The maximum atomic E-state index is 11.5. The van der Waals surface area contributed by atoms with Gasteiger partial charge in [-0.05, 0) is 19.1 Å². The third kappa shape index (κ3) is 2.33. The molecule has 0 heterocycles. The smallest absolute Gasteiger partial charge is 0.188 e. The zero-order valence-corrected chi connectivity index (χ0v) is 8.41. The van der Waals surface area contributed by atoms with Crippen LogP contribution < -0.4 is 5.73 Å². The Balaban J connectivity index is 2.95. The second-order valence-corrected chi connectivity index (χ2v) is 3.40. The standard InChI is InChI=1S/C10H10ClNO2/c1-6(13)9(11)10(14)7-3-2-4-8(12)5-7/h2-5,9H,12H2,1H3. The lowest BCUT2D eigenvalue weighted by molar-refractivity contribution is -0.115. The van der Waals surface area contributed by atoms with Crippen molar-refractivity contribution in [2.45, 2.75) is 12.3 Å². The summed E-state index contributed by atoms with van der Waals surface area (Å²) in [4.78, 5) is 22.4. The molecule has 14 heavy (non-hydrogen) atoms. The fraction of sp³-hybridized carbons (Fsp3) is 0.200. The Morgan fingerprint density at radius 3 is 2.57 bits per heavy atom. The van der Waals surface area contributed by atoms with Crippen molar-refractivity contribution >= 4 is 28.9 Å². The summed E-state index contributed by atoms with van der Waals surface area (Å²) in [6.45, 7) is 1.28. The summed E-state index contributed by atoms with van der Waals surface area (Å²) in [5.41, 5.74) is 6.33. The number of halogens is 1. The highest BCUT2D eigenvalue weighted by Crippen LogP contribution is 2.12. The van der Waals surface area contributed by atoms with Crippen molar-refractivity contribution in [2.24, 2.45) is 0 Å². The van der Waals surface area contributed by atoms with Crippen LogP contribution in [0.25, 0.3) is 0 Å². The Kier molecular flexibility index (Phi) is 3.25. The first-order valence-electron chi connectivity index (χ1n) is 4.06. The highest BCUT2D eigenvalue weighted by atomic mass is 35.5. The van der Waals surface area contributed by atoms with Gasteiger partial charge in [0.15, 0.2) is 16.9 Å². The van der Waals surface area contributed by atoms with E-state index in [1.165, 1.54) is 13.0 Å². The summed E-state index contributed by atoms with van der Waals surface area (Å²) in [6, 6.07) is 6.39. The van der Waals surface area contributed by atoms with E-state index in [1.807, 2.05) is 0 Å². The lowest BCUT2D eigenvalue weighted by atomic mass is 10.1. The van der Waals surface area contributed by atoms with Crippen molar-refractivity contribution in [3.63, 3.8) is 0 Å². The van der Waals surface area contributed by atoms with Crippen LogP contribution in [0.2, 0.25) is 0 Å². The molecule has 0 saturated carbocycles. The molecule has 0 amide bonds. The minimum Gasteiger partial charge on any atom is -0.399 e. The SMILES string of the molecule is CC(=O)C(Cl)C(=O)c1cccc(N)c1. The van der Waals surface area contributed by atoms with E-state index in [4.69, 9.17) is 17.3 Å². The Labute approximate surface area is 86.9 Å². The summed E-state index contributed by atoms with van der Waals surface area (Å²) in [5.74, 6) is -0.773. The number of benzene rings is 1. The average Bonchev–Trinajstić information content (AvgIpc) is 2.15. The minimum atomic E-state index is -1.11. The number of anilines is 1. The molecule has 0 aliphatic rings. The molecule has 1 unspecified atom stereocenters. The van der Waals surface area contributed by atoms with E-state index in [0.717, 1.165) is 0 Å². The quantitative estimate of drug-likeness (QED) is 0.358.